The molecule has 6 heteroatoms. The summed E-state index contributed by atoms with van der Waals surface area (Å²) < 4.78 is 0. The van der Waals surface area contributed by atoms with Crippen LogP contribution in [-0.4, -0.2) is 22.0 Å². The molecule has 0 aliphatic rings. The topological polar surface area (TPSA) is 79.3 Å². The van der Waals surface area contributed by atoms with Gasteiger partial charge in [-0.1, -0.05) is 60.7 Å². The van der Waals surface area contributed by atoms with Crippen LogP contribution in [-0.2, 0) is 0 Å². The van der Waals surface area contributed by atoms with E-state index in [-0.39, 0.29) is 11.5 Å². The molecule has 0 unspecified atom stereocenters. The Hall–Kier alpha value is -3.77. The maximum atomic E-state index is 12.7. The number of thiazole rings is 1. The molecule has 5 nitrogen and oxygen atoms in total. The fraction of sp³-hybridized carbons (Fsp3) is 0. The van der Waals surface area contributed by atoms with E-state index in [4.69, 9.17) is 0 Å². The Balaban J connectivity index is 1.57. The number of carbonyl (C=O) groups is 2. The minimum atomic E-state index is -1.01. The molecular formula is C23H16N2O3S. The second kappa shape index (κ2) is 8.08. The van der Waals surface area contributed by atoms with Crippen LogP contribution < -0.4 is 5.32 Å². The van der Waals surface area contributed by atoms with Crippen molar-refractivity contribution in [1.82, 2.24) is 4.98 Å². The van der Waals surface area contributed by atoms with Crippen molar-refractivity contribution in [3.8, 4) is 22.4 Å². The number of benzene rings is 3. The number of carbonyl (C=O) groups excluding carboxylic acids is 1. The summed E-state index contributed by atoms with van der Waals surface area (Å²) in [6, 6.07) is 23.4. The molecular weight excluding hydrogens is 384 g/mol. The number of aromatic nitrogens is 1. The molecule has 0 radical (unpaired) electrons. The molecule has 0 saturated carbocycles. The van der Waals surface area contributed by atoms with Crippen molar-refractivity contribution in [1.29, 1.82) is 0 Å². The first kappa shape index (κ1) is 18.6. The Labute approximate surface area is 171 Å². The highest BCUT2D eigenvalue weighted by atomic mass is 32.1. The lowest BCUT2D eigenvalue weighted by Gasteiger charge is -2.08. The average molecular weight is 400 g/mol. The first-order valence-electron chi connectivity index (χ1n) is 8.87. The largest absolute Gasteiger partial charge is 0.478 e. The lowest BCUT2D eigenvalue weighted by atomic mass is 9.98. The summed E-state index contributed by atoms with van der Waals surface area (Å²) in [5.74, 6) is -1.31. The zero-order valence-corrected chi connectivity index (χ0v) is 16.0. The van der Waals surface area contributed by atoms with E-state index in [0.29, 0.717) is 21.8 Å². The van der Waals surface area contributed by atoms with Crippen molar-refractivity contribution in [2.75, 3.05) is 5.32 Å². The van der Waals surface area contributed by atoms with Gasteiger partial charge in [0.05, 0.1) is 11.3 Å². The molecule has 0 aliphatic carbocycles. The van der Waals surface area contributed by atoms with Gasteiger partial charge in [0.25, 0.3) is 5.91 Å². The summed E-state index contributed by atoms with van der Waals surface area (Å²) in [5.41, 5.74) is 3.64. The molecule has 0 aliphatic heterocycles. The summed E-state index contributed by atoms with van der Waals surface area (Å²) in [4.78, 5) is 28.7. The number of hydrogen-bond donors (Lipinski definition) is 2. The average Bonchev–Trinajstić information content (AvgIpc) is 3.23. The number of amides is 1. The molecule has 0 bridgehead atoms. The van der Waals surface area contributed by atoms with Crippen molar-refractivity contribution >= 4 is 28.3 Å². The number of aromatic carboxylic acids is 1. The van der Waals surface area contributed by atoms with Gasteiger partial charge in [-0.25, -0.2) is 9.78 Å². The number of carboxylic acid groups (broad SMARTS) is 1. The van der Waals surface area contributed by atoms with Gasteiger partial charge in [-0.05, 0) is 29.3 Å². The van der Waals surface area contributed by atoms with Gasteiger partial charge in [0.2, 0.25) is 0 Å². The number of nitrogens with one attached hydrogen (secondary N) is 1. The van der Waals surface area contributed by atoms with Gasteiger partial charge in [0, 0.05) is 16.5 Å². The molecule has 29 heavy (non-hydrogen) atoms. The third kappa shape index (κ3) is 4.07. The Morgan fingerprint density at radius 2 is 1.59 bits per heavy atom. The van der Waals surface area contributed by atoms with Crippen molar-refractivity contribution in [3.05, 3.63) is 95.4 Å². The van der Waals surface area contributed by atoms with Gasteiger partial charge in [0.1, 0.15) is 0 Å². The first-order valence-corrected chi connectivity index (χ1v) is 9.75. The van der Waals surface area contributed by atoms with Gasteiger partial charge >= 0.3 is 5.97 Å². The molecule has 142 valence electrons. The lowest BCUT2D eigenvalue weighted by Crippen LogP contribution is -2.11. The second-order valence-electron chi connectivity index (χ2n) is 6.29. The smallest absolute Gasteiger partial charge is 0.336 e. The van der Waals surface area contributed by atoms with E-state index in [1.54, 1.807) is 48.5 Å². The highest BCUT2D eigenvalue weighted by molar-refractivity contribution is 7.14. The van der Waals surface area contributed by atoms with Crippen LogP contribution in [0.5, 0.6) is 0 Å². The maximum Gasteiger partial charge on any atom is 0.336 e. The fourth-order valence-corrected chi connectivity index (χ4v) is 3.71. The number of hydrogen-bond acceptors (Lipinski definition) is 4. The fourth-order valence-electron chi connectivity index (χ4n) is 2.99. The van der Waals surface area contributed by atoms with Gasteiger partial charge in [-0.15, -0.1) is 11.3 Å². The van der Waals surface area contributed by atoms with Crippen LogP contribution in [0.2, 0.25) is 0 Å². The summed E-state index contributed by atoms with van der Waals surface area (Å²) in [6.45, 7) is 0. The molecule has 1 heterocycles. The van der Waals surface area contributed by atoms with Crippen LogP contribution in [0.3, 0.4) is 0 Å². The maximum absolute atomic E-state index is 12.7. The summed E-state index contributed by atoms with van der Waals surface area (Å²) >= 11 is 1.35. The predicted octanol–water partition coefficient (Wildman–Crippen LogP) is 5.43. The first-order chi connectivity index (χ1) is 14.1. The van der Waals surface area contributed by atoms with Crippen molar-refractivity contribution in [2.24, 2.45) is 0 Å². The van der Waals surface area contributed by atoms with E-state index in [1.165, 1.54) is 11.3 Å². The third-order valence-corrected chi connectivity index (χ3v) is 5.15. The van der Waals surface area contributed by atoms with Crippen molar-refractivity contribution < 1.29 is 14.7 Å². The lowest BCUT2D eigenvalue weighted by molar-refractivity contribution is 0.0697. The molecule has 1 amide bonds. The second-order valence-corrected chi connectivity index (χ2v) is 7.15. The van der Waals surface area contributed by atoms with E-state index in [9.17, 15) is 14.7 Å². The predicted molar refractivity (Wildman–Crippen MR) is 114 cm³/mol. The van der Waals surface area contributed by atoms with E-state index in [1.807, 2.05) is 35.7 Å². The Morgan fingerprint density at radius 3 is 2.38 bits per heavy atom. The Bertz CT molecular complexity index is 1190. The van der Waals surface area contributed by atoms with Crippen molar-refractivity contribution in [3.63, 3.8) is 0 Å². The standard InChI is InChI=1S/C23H16N2O3S/c26-21(25-23-24-20(14-29-23)15-7-2-1-3-8-15)17-10-6-9-16(13-17)18-11-4-5-12-19(18)22(27)28/h1-14H,(H,27,28)(H,24,25,26). The molecule has 0 saturated heterocycles. The summed E-state index contributed by atoms with van der Waals surface area (Å²) in [6.07, 6.45) is 0. The molecule has 0 fully saturated rings. The minimum absolute atomic E-state index is 0.192. The van der Waals surface area contributed by atoms with E-state index in [0.717, 1.165) is 11.3 Å². The molecule has 3 aromatic carbocycles. The van der Waals surface area contributed by atoms with Crippen LogP contribution in [0.15, 0.2) is 84.2 Å². The molecule has 1 aromatic heterocycles. The van der Waals surface area contributed by atoms with Gasteiger partial charge < -0.3 is 5.11 Å². The third-order valence-electron chi connectivity index (χ3n) is 4.39. The molecule has 4 rings (SSSR count). The monoisotopic (exact) mass is 400 g/mol. The molecule has 0 atom stereocenters. The van der Waals surface area contributed by atoms with E-state index in [2.05, 4.69) is 10.3 Å². The van der Waals surface area contributed by atoms with Crippen molar-refractivity contribution in [2.45, 2.75) is 0 Å². The van der Waals surface area contributed by atoms with Crippen LogP contribution >= 0.6 is 11.3 Å². The molecule has 4 aromatic rings. The molecule has 0 spiro atoms. The highest BCUT2D eigenvalue weighted by Crippen LogP contribution is 2.27. The van der Waals surface area contributed by atoms with Gasteiger partial charge in [0.15, 0.2) is 5.13 Å². The number of carboxylic acids is 1. The van der Waals surface area contributed by atoms with Crippen LogP contribution in [0.25, 0.3) is 22.4 Å². The van der Waals surface area contributed by atoms with Crippen LogP contribution in [0, 0.1) is 0 Å². The summed E-state index contributed by atoms with van der Waals surface area (Å²) in [5, 5.41) is 14.6. The van der Waals surface area contributed by atoms with E-state index < -0.39 is 5.97 Å². The number of nitrogens with zero attached hydrogens (tertiary/aromatic N) is 1. The number of rotatable bonds is 5. The summed E-state index contributed by atoms with van der Waals surface area (Å²) in [7, 11) is 0. The zero-order chi connectivity index (χ0) is 20.2. The quantitative estimate of drug-likeness (QED) is 0.468. The Morgan fingerprint density at radius 1 is 0.862 bits per heavy atom. The number of anilines is 1. The van der Waals surface area contributed by atoms with Crippen LogP contribution in [0.1, 0.15) is 20.7 Å². The molecule has 2 N–H and O–H groups in total. The van der Waals surface area contributed by atoms with Crippen LogP contribution in [0.4, 0.5) is 5.13 Å². The SMILES string of the molecule is O=C(Nc1nc(-c2ccccc2)cs1)c1cccc(-c2ccccc2C(=O)O)c1. The zero-order valence-electron chi connectivity index (χ0n) is 15.2. The van der Waals surface area contributed by atoms with Gasteiger partial charge in [-0.2, -0.15) is 0 Å². The minimum Gasteiger partial charge on any atom is -0.478 e. The normalized spacial score (nSPS) is 10.5. The van der Waals surface area contributed by atoms with E-state index >= 15 is 0 Å². The Kier molecular flexibility index (Phi) is 5.18. The highest BCUT2D eigenvalue weighted by Gasteiger charge is 2.14. The van der Waals surface area contributed by atoms with Gasteiger partial charge in [-0.3, -0.25) is 10.1 Å².